The molecule has 0 spiro atoms. The Morgan fingerprint density at radius 3 is 2.84 bits per heavy atom. The van der Waals surface area contributed by atoms with Gasteiger partial charge in [-0.05, 0) is 30.2 Å². The fourth-order valence-electron chi connectivity index (χ4n) is 2.99. The number of aromatic nitrogens is 2. The third-order valence-corrected chi connectivity index (χ3v) is 4.38. The van der Waals surface area contributed by atoms with Gasteiger partial charge < -0.3 is 10.2 Å². The molecule has 1 N–H and O–H groups in total. The molecule has 134 valence electrons. The van der Waals surface area contributed by atoms with Gasteiger partial charge in [0.1, 0.15) is 5.82 Å². The largest absolute Gasteiger partial charge is 0.332 e. The van der Waals surface area contributed by atoms with Crippen molar-refractivity contribution in [3.8, 4) is 0 Å². The molecule has 2 aromatic rings. The van der Waals surface area contributed by atoms with Crippen LogP contribution in [0.5, 0.6) is 0 Å². The third-order valence-electron chi connectivity index (χ3n) is 4.38. The second kappa shape index (κ2) is 7.23. The van der Waals surface area contributed by atoms with Gasteiger partial charge in [-0.1, -0.05) is 12.1 Å². The van der Waals surface area contributed by atoms with Crippen molar-refractivity contribution in [2.75, 3.05) is 20.6 Å². The van der Waals surface area contributed by atoms with Crippen molar-refractivity contribution in [3.63, 3.8) is 0 Å². The van der Waals surface area contributed by atoms with Crippen molar-refractivity contribution in [1.29, 1.82) is 0 Å². The van der Waals surface area contributed by atoms with Crippen LogP contribution in [-0.4, -0.2) is 46.3 Å². The monoisotopic (exact) mass is 345 g/mol. The van der Waals surface area contributed by atoms with Crippen LogP contribution in [0.3, 0.4) is 0 Å². The molecule has 0 unspecified atom stereocenters. The number of halogens is 1. The minimum atomic E-state index is -0.162. The predicted octanol–water partition coefficient (Wildman–Crippen LogP) is 2.12. The van der Waals surface area contributed by atoms with E-state index in [0.29, 0.717) is 12.1 Å². The Hall–Kier alpha value is -2.41. The molecular weight excluding hydrogens is 321 g/mol. The summed E-state index contributed by atoms with van der Waals surface area (Å²) in [6.45, 7) is 5.52. The van der Waals surface area contributed by atoms with Gasteiger partial charge in [-0.3, -0.25) is 9.58 Å². The predicted molar refractivity (Wildman–Crippen MR) is 93.4 cm³/mol. The summed E-state index contributed by atoms with van der Waals surface area (Å²) in [4.78, 5) is 15.4. The maximum Gasteiger partial charge on any atom is 0.317 e. The van der Waals surface area contributed by atoms with Crippen LogP contribution in [0.2, 0.25) is 0 Å². The summed E-state index contributed by atoms with van der Waals surface area (Å²) in [7, 11) is 3.42. The summed E-state index contributed by atoms with van der Waals surface area (Å²) in [5.41, 5.74) is 3.80. The van der Waals surface area contributed by atoms with Crippen molar-refractivity contribution in [2.45, 2.75) is 33.1 Å². The zero-order valence-corrected chi connectivity index (χ0v) is 14.9. The number of carbonyl (C=O) groups excluding carboxylic acids is 1. The second-order valence-corrected chi connectivity index (χ2v) is 6.70. The highest BCUT2D eigenvalue weighted by Gasteiger charge is 2.19. The Labute approximate surface area is 147 Å². The summed E-state index contributed by atoms with van der Waals surface area (Å²) in [5, 5.41) is 7.39. The van der Waals surface area contributed by atoms with Crippen LogP contribution < -0.4 is 5.32 Å². The van der Waals surface area contributed by atoms with Gasteiger partial charge in [0.25, 0.3) is 0 Å². The number of aryl methyl sites for hydroxylation is 1. The molecule has 2 heterocycles. The maximum absolute atomic E-state index is 13.4. The Morgan fingerprint density at radius 2 is 2.12 bits per heavy atom. The number of carbonyl (C=O) groups is 1. The van der Waals surface area contributed by atoms with Crippen LogP contribution in [0.1, 0.15) is 22.5 Å². The summed E-state index contributed by atoms with van der Waals surface area (Å²) >= 11 is 0. The molecule has 1 aromatic carbocycles. The first kappa shape index (κ1) is 17.4. The minimum Gasteiger partial charge on any atom is -0.332 e. The van der Waals surface area contributed by atoms with E-state index in [1.165, 1.54) is 11.0 Å². The van der Waals surface area contributed by atoms with Gasteiger partial charge >= 0.3 is 6.03 Å². The van der Waals surface area contributed by atoms with Gasteiger partial charge in [0.05, 0.1) is 24.5 Å². The van der Waals surface area contributed by atoms with E-state index in [4.69, 9.17) is 0 Å². The van der Waals surface area contributed by atoms with Crippen LogP contribution in [0.15, 0.2) is 24.3 Å². The van der Waals surface area contributed by atoms with E-state index in [1.54, 1.807) is 21.0 Å². The molecule has 25 heavy (non-hydrogen) atoms. The lowest BCUT2D eigenvalue weighted by atomic mass is 10.1. The van der Waals surface area contributed by atoms with E-state index in [2.05, 4.69) is 15.3 Å². The zero-order valence-electron chi connectivity index (χ0n) is 14.9. The van der Waals surface area contributed by atoms with Crippen molar-refractivity contribution >= 4 is 6.03 Å². The molecule has 2 amide bonds. The molecular formula is C18H24FN5O. The van der Waals surface area contributed by atoms with E-state index in [-0.39, 0.29) is 11.8 Å². The number of amides is 2. The van der Waals surface area contributed by atoms with Gasteiger partial charge in [0.2, 0.25) is 0 Å². The van der Waals surface area contributed by atoms with Crippen molar-refractivity contribution in [2.24, 2.45) is 0 Å². The highest BCUT2D eigenvalue weighted by Crippen LogP contribution is 2.17. The minimum absolute atomic E-state index is 0.126. The zero-order chi connectivity index (χ0) is 18.0. The Kier molecular flexibility index (Phi) is 5.03. The molecule has 7 heteroatoms. The Morgan fingerprint density at radius 1 is 1.32 bits per heavy atom. The summed E-state index contributed by atoms with van der Waals surface area (Å²) < 4.78 is 15.4. The normalized spacial score (nSPS) is 14.2. The molecule has 0 radical (unpaired) electrons. The highest BCUT2D eigenvalue weighted by atomic mass is 19.1. The molecule has 1 aliphatic heterocycles. The maximum atomic E-state index is 13.4. The lowest BCUT2D eigenvalue weighted by Crippen LogP contribution is -2.34. The van der Waals surface area contributed by atoms with Crippen LogP contribution in [0.25, 0.3) is 0 Å². The van der Waals surface area contributed by atoms with Gasteiger partial charge in [-0.15, -0.1) is 0 Å². The van der Waals surface area contributed by atoms with Gasteiger partial charge in [0, 0.05) is 33.7 Å². The first-order valence-electron chi connectivity index (χ1n) is 8.40. The lowest BCUT2D eigenvalue weighted by Gasteiger charge is -2.27. The lowest BCUT2D eigenvalue weighted by molar-refractivity contribution is 0.205. The first-order valence-corrected chi connectivity index (χ1v) is 8.40. The van der Waals surface area contributed by atoms with Gasteiger partial charge in [-0.2, -0.15) is 5.10 Å². The molecule has 0 saturated carbocycles. The molecule has 0 aliphatic carbocycles. The molecule has 3 rings (SSSR count). The average Bonchev–Trinajstić information content (AvgIpc) is 2.98. The summed E-state index contributed by atoms with van der Waals surface area (Å²) in [6, 6.07) is 7.20. The van der Waals surface area contributed by atoms with E-state index < -0.39 is 0 Å². The van der Waals surface area contributed by atoms with Gasteiger partial charge in [0.15, 0.2) is 0 Å². The number of hydrogen-bond donors (Lipinski definition) is 1. The molecule has 1 aromatic heterocycles. The molecule has 1 aliphatic rings. The topological polar surface area (TPSA) is 53.4 Å². The molecule has 6 nitrogen and oxygen atoms in total. The number of nitrogens with zero attached hydrogens (tertiary/aromatic N) is 4. The number of urea groups is 1. The molecule has 0 fully saturated rings. The van der Waals surface area contributed by atoms with Crippen LogP contribution in [0, 0.1) is 12.7 Å². The average molecular weight is 345 g/mol. The van der Waals surface area contributed by atoms with E-state index in [9.17, 15) is 9.18 Å². The highest BCUT2D eigenvalue weighted by molar-refractivity contribution is 5.73. The van der Waals surface area contributed by atoms with E-state index >= 15 is 0 Å². The molecule has 0 saturated heterocycles. The standard InChI is InChI=1S/C18H24FN5O/c1-13-8-14(4-5-17(13)19)11-23-6-7-24-16(12-23)9-15(21-24)10-20-18(25)22(2)3/h4-5,8-9H,6-7,10-12H2,1-3H3,(H,20,25). The molecule has 0 atom stereocenters. The Balaban J connectivity index is 1.61. The quantitative estimate of drug-likeness (QED) is 0.923. The first-order chi connectivity index (χ1) is 11.9. The number of rotatable bonds is 4. The summed E-state index contributed by atoms with van der Waals surface area (Å²) in [6.07, 6.45) is 0. The van der Waals surface area contributed by atoms with Crippen molar-refractivity contribution in [1.82, 2.24) is 24.9 Å². The number of nitrogens with one attached hydrogen (secondary N) is 1. The van der Waals surface area contributed by atoms with Crippen molar-refractivity contribution < 1.29 is 9.18 Å². The molecule has 0 bridgehead atoms. The van der Waals surface area contributed by atoms with Crippen LogP contribution in [-0.2, 0) is 26.2 Å². The van der Waals surface area contributed by atoms with E-state index in [1.807, 2.05) is 22.9 Å². The summed E-state index contributed by atoms with van der Waals surface area (Å²) in [5.74, 6) is -0.162. The van der Waals surface area contributed by atoms with Gasteiger partial charge in [-0.25, -0.2) is 9.18 Å². The SMILES string of the molecule is Cc1cc(CN2CCn3nc(CNC(=O)N(C)C)cc3C2)ccc1F. The number of hydrogen-bond acceptors (Lipinski definition) is 3. The second-order valence-electron chi connectivity index (χ2n) is 6.70. The Bertz CT molecular complexity index is 771. The van der Waals surface area contributed by atoms with Crippen molar-refractivity contribution in [3.05, 3.63) is 52.6 Å². The number of benzene rings is 1. The third kappa shape index (κ3) is 4.17. The fourth-order valence-corrected chi connectivity index (χ4v) is 2.99. The van der Waals surface area contributed by atoms with Crippen LogP contribution in [0.4, 0.5) is 9.18 Å². The fraction of sp³-hybridized carbons (Fsp3) is 0.444. The van der Waals surface area contributed by atoms with Crippen LogP contribution >= 0.6 is 0 Å². The number of fused-ring (bicyclic) bond motifs is 1. The smallest absolute Gasteiger partial charge is 0.317 e. The van der Waals surface area contributed by atoms with E-state index in [0.717, 1.165) is 43.1 Å².